The number of fused-ring (bicyclic) bond motifs is 2. The van der Waals surface area contributed by atoms with Crippen LogP contribution in [0.1, 0.15) is 18.4 Å². The van der Waals surface area contributed by atoms with Gasteiger partial charge in [0.15, 0.2) is 11.6 Å². The fourth-order valence-corrected chi connectivity index (χ4v) is 6.46. The first-order valence-corrected chi connectivity index (χ1v) is 11.8. The smallest absolute Gasteiger partial charge is 0.414 e. The summed E-state index contributed by atoms with van der Waals surface area (Å²) in [5.41, 5.74) is 1.21. The van der Waals surface area contributed by atoms with Crippen molar-refractivity contribution in [3.8, 4) is 0 Å². The summed E-state index contributed by atoms with van der Waals surface area (Å²) in [6, 6.07) is 1.64. The third-order valence-corrected chi connectivity index (χ3v) is 8.33. The van der Waals surface area contributed by atoms with Gasteiger partial charge in [-0.25, -0.2) is 22.0 Å². The van der Waals surface area contributed by atoms with Crippen molar-refractivity contribution in [1.82, 2.24) is 13.3 Å². The molecule has 0 saturated carbocycles. The first-order valence-electron chi connectivity index (χ1n) is 9.61. The van der Waals surface area contributed by atoms with Crippen LogP contribution in [-0.2, 0) is 21.4 Å². The van der Waals surface area contributed by atoms with Gasteiger partial charge >= 0.3 is 6.09 Å². The first-order chi connectivity index (χ1) is 14.9. The van der Waals surface area contributed by atoms with E-state index < -0.39 is 27.8 Å². The molecule has 0 aromatic heterocycles. The Morgan fingerprint density at radius 2 is 1.90 bits per heavy atom. The predicted octanol–water partition coefficient (Wildman–Crippen LogP) is 2.94. The van der Waals surface area contributed by atoms with Gasteiger partial charge in [-0.15, -0.1) is 0 Å². The van der Waals surface area contributed by atoms with E-state index in [1.807, 2.05) is 0 Å². The zero-order chi connectivity index (χ0) is 21.8. The average Bonchev–Trinajstić information content (AvgIpc) is 3.24. The highest BCUT2D eigenvalue weighted by atomic mass is 32.2. The Hall–Kier alpha value is -2.57. The molecule has 12 heteroatoms. The minimum absolute atomic E-state index is 0.131. The number of ether oxygens (including phenoxy) is 1. The number of amides is 1. The first kappa shape index (κ1) is 20.3. The van der Waals surface area contributed by atoms with Crippen molar-refractivity contribution in [2.75, 3.05) is 18.0 Å². The van der Waals surface area contributed by atoms with E-state index in [0.29, 0.717) is 24.1 Å². The quantitative estimate of drug-likeness (QED) is 0.683. The molecule has 0 bridgehead atoms. The van der Waals surface area contributed by atoms with Crippen molar-refractivity contribution in [3.63, 3.8) is 0 Å². The van der Waals surface area contributed by atoms with Crippen LogP contribution in [-0.4, -0.2) is 42.3 Å². The van der Waals surface area contributed by atoms with Crippen molar-refractivity contribution in [2.24, 2.45) is 0 Å². The maximum Gasteiger partial charge on any atom is 0.414 e. The molecule has 31 heavy (non-hydrogen) atoms. The Kier molecular flexibility index (Phi) is 4.94. The molecule has 0 spiro atoms. The number of anilines is 1. The molecule has 0 atom stereocenters. The fourth-order valence-electron chi connectivity index (χ4n) is 4.10. The van der Waals surface area contributed by atoms with Gasteiger partial charge in [-0.2, -0.15) is 4.31 Å². The molecule has 1 aromatic rings. The molecular formula is C19H18F2N4O4S2. The summed E-state index contributed by atoms with van der Waals surface area (Å²) in [6.45, 7) is 0.240. The van der Waals surface area contributed by atoms with Gasteiger partial charge in [0.05, 0.1) is 23.5 Å². The second-order valence-electron chi connectivity index (χ2n) is 7.39. The molecule has 1 saturated heterocycles. The van der Waals surface area contributed by atoms with Crippen LogP contribution < -0.4 is 9.62 Å². The number of benzene rings is 1. The Bertz CT molecular complexity index is 1140. The summed E-state index contributed by atoms with van der Waals surface area (Å²) < 4.78 is 65.1. The number of halogens is 2. The monoisotopic (exact) mass is 468 g/mol. The number of hydrogen-bond donors (Lipinski definition) is 1. The van der Waals surface area contributed by atoms with Crippen LogP contribution in [0, 0.1) is 11.6 Å². The van der Waals surface area contributed by atoms with Crippen molar-refractivity contribution < 1.29 is 26.7 Å². The molecule has 1 fully saturated rings. The van der Waals surface area contributed by atoms with E-state index in [9.17, 15) is 22.0 Å². The highest BCUT2D eigenvalue weighted by molar-refractivity contribution is 7.96. The van der Waals surface area contributed by atoms with Crippen LogP contribution in [0.4, 0.5) is 19.3 Å². The van der Waals surface area contributed by atoms with Crippen molar-refractivity contribution in [2.45, 2.75) is 25.5 Å². The van der Waals surface area contributed by atoms with E-state index >= 15 is 0 Å². The number of nitrogens with zero attached hydrogens (tertiary/aromatic N) is 3. The van der Waals surface area contributed by atoms with Crippen LogP contribution in [0.15, 0.2) is 47.3 Å². The molecule has 0 aliphatic carbocycles. The van der Waals surface area contributed by atoms with Crippen molar-refractivity contribution in [1.29, 1.82) is 0 Å². The molecule has 164 valence electrons. The van der Waals surface area contributed by atoms with Crippen molar-refractivity contribution >= 4 is 33.9 Å². The van der Waals surface area contributed by atoms with Crippen LogP contribution in [0.25, 0.3) is 0 Å². The molecule has 8 nitrogen and oxygen atoms in total. The van der Waals surface area contributed by atoms with Gasteiger partial charge in [-0.1, -0.05) is 0 Å². The predicted molar refractivity (Wildman–Crippen MR) is 110 cm³/mol. The molecule has 5 rings (SSSR count). The normalized spacial score (nSPS) is 21.8. The second kappa shape index (κ2) is 7.53. The van der Waals surface area contributed by atoms with E-state index in [4.69, 9.17) is 4.74 Å². The number of hydrogen-bond acceptors (Lipinski definition) is 7. The van der Waals surface area contributed by atoms with Crippen LogP contribution in [0.2, 0.25) is 0 Å². The lowest BCUT2D eigenvalue weighted by Gasteiger charge is -2.40. The van der Waals surface area contributed by atoms with Gasteiger partial charge < -0.3 is 9.46 Å². The highest BCUT2D eigenvalue weighted by Gasteiger charge is 2.40. The number of nitrogens with one attached hydrogen (secondary N) is 1. The molecular weight excluding hydrogens is 450 g/mol. The maximum atomic E-state index is 13.8. The van der Waals surface area contributed by atoms with E-state index in [-0.39, 0.29) is 36.3 Å². The Balaban J connectivity index is 1.36. The number of rotatable bonds is 3. The third kappa shape index (κ3) is 3.38. The summed E-state index contributed by atoms with van der Waals surface area (Å²) in [6.07, 6.45) is 6.67. The summed E-state index contributed by atoms with van der Waals surface area (Å²) in [7, 11) is -3.74. The number of cyclic esters (lactones) is 1. The molecule has 4 aliphatic heterocycles. The van der Waals surface area contributed by atoms with E-state index in [2.05, 4.69) is 4.72 Å². The second-order valence-corrected chi connectivity index (χ2v) is 10.1. The zero-order valence-corrected chi connectivity index (χ0v) is 17.8. The van der Waals surface area contributed by atoms with Gasteiger partial charge in [-0.3, -0.25) is 9.21 Å². The molecule has 1 N–H and O–H groups in total. The lowest BCUT2D eigenvalue weighted by molar-refractivity contribution is 0.135. The highest BCUT2D eigenvalue weighted by Crippen LogP contribution is 2.37. The molecule has 1 aromatic carbocycles. The maximum absolute atomic E-state index is 13.8. The number of carbonyl (C=O) groups excluding carboxylic acids is 1. The summed E-state index contributed by atoms with van der Waals surface area (Å²) in [5.74, 6) is -2.05. The Morgan fingerprint density at radius 3 is 2.68 bits per heavy atom. The minimum Gasteiger partial charge on any atom is -0.444 e. The lowest BCUT2D eigenvalue weighted by atomic mass is 10.0. The number of piperidine rings is 1. The van der Waals surface area contributed by atoms with Gasteiger partial charge in [0.2, 0.25) is 10.0 Å². The van der Waals surface area contributed by atoms with Crippen LogP contribution in [0.5, 0.6) is 0 Å². The van der Waals surface area contributed by atoms with Gasteiger partial charge in [0.1, 0.15) is 11.5 Å². The van der Waals surface area contributed by atoms with Crippen molar-refractivity contribution in [3.05, 3.63) is 64.5 Å². The van der Waals surface area contributed by atoms with Gasteiger partial charge in [0, 0.05) is 43.2 Å². The zero-order valence-electron chi connectivity index (χ0n) is 16.1. The number of sulfonamides is 1. The molecule has 4 heterocycles. The fraction of sp³-hybridized carbons (Fsp3) is 0.316. The van der Waals surface area contributed by atoms with Crippen LogP contribution in [0.3, 0.4) is 0 Å². The molecule has 0 unspecified atom stereocenters. The Labute approximate surface area is 182 Å². The SMILES string of the molecule is O=C1OCc2cc(F)c(F)cc2N1C1CCN(S(=O)(=O)C2=CC=CN3SNC=C23)CC1. The summed E-state index contributed by atoms with van der Waals surface area (Å²) in [4.78, 5) is 13.9. The van der Waals surface area contributed by atoms with E-state index in [1.54, 1.807) is 28.9 Å². The number of carbonyl (C=O) groups is 1. The Morgan fingerprint density at radius 1 is 1.16 bits per heavy atom. The van der Waals surface area contributed by atoms with E-state index in [1.165, 1.54) is 21.3 Å². The van der Waals surface area contributed by atoms with E-state index in [0.717, 1.165) is 12.1 Å². The molecule has 1 amide bonds. The topological polar surface area (TPSA) is 82.2 Å². The minimum atomic E-state index is -3.74. The third-order valence-electron chi connectivity index (χ3n) is 5.64. The van der Waals surface area contributed by atoms with Gasteiger partial charge in [-0.05, 0) is 31.1 Å². The lowest BCUT2D eigenvalue weighted by Crippen LogP contribution is -2.50. The molecule has 4 aliphatic rings. The van der Waals surface area contributed by atoms with Crippen LogP contribution >= 0.6 is 12.1 Å². The average molecular weight is 469 g/mol. The molecule has 0 radical (unpaired) electrons. The largest absolute Gasteiger partial charge is 0.444 e. The summed E-state index contributed by atoms with van der Waals surface area (Å²) >= 11 is 1.27. The van der Waals surface area contributed by atoms with Gasteiger partial charge in [0.25, 0.3) is 0 Å². The number of allylic oxidation sites excluding steroid dienone is 2. The summed E-state index contributed by atoms with van der Waals surface area (Å²) in [5, 5.41) is 0. The standard InChI is InChI=1S/C19H18F2N4O4S2/c20-14-8-12-11-29-19(26)25(16(12)9-15(14)21)13-3-6-23(7-4-13)31(27,28)18-2-1-5-24-17(18)10-22-30-24/h1-2,5,8-10,13,22H,3-4,6-7,11H2.